The summed E-state index contributed by atoms with van der Waals surface area (Å²) in [6, 6.07) is 0. The van der Waals surface area contributed by atoms with Crippen molar-refractivity contribution in [2.45, 2.75) is 71.0 Å². The molecule has 0 spiro atoms. The average molecular weight is 322 g/mol. The summed E-state index contributed by atoms with van der Waals surface area (Å²) >= 11 is 0. The smallest absolute Gasteiger partial charge is 0.307 e. The molecular formula is C19H30O4. The van der Waals surface area contributed by atoms with Gasteiger partial charge in [0.25, 0.3) is 0 Å². The molecule has 0 amide bonds. The molecule has 1 N–H and O–H groups in total. The van der Waals surface area contributed by atoms with Crippen LogP contribution in [0.25, 0.3) is 0 Å². The van der Waals surface area contributed by atoms with Gasteiger partial charge in [0.15, 0.2) is 5.60 Å². The monoisotopic (exact) mass is 322 g/mol. The fraction of sp³-hybridized carbons (Fsp3) is 0.842. The van der Waals surface area contributed by atoms with Gasteiger partial charge in [-0.1, -0.05) is 39.0 Å². The van der Waals surface area contributed by atoms with Gasteiger partial charge in [-0.2, -0.15) is 0 Å². The van der Waals surface area contributed by atoms with Crippen molar-refractivity contribution in [3.8, 4) is 11.8 Å². The summed E-state index contributed by atoms with van der Waals surface area (Å²) in [5, 5.41) is 8.94. The first-order valence-electron chi connectivity index (χ1n) is 8.90. The highest BCUT2D eigenvalue weighted by Crippen LogP contribution is 2.35. The minimum atomic E-state index is -0.444. The van der Waals surface area contributed by atoms with Crippen LogP contribution >= 0.6 is 0 Å². The highest BCUT2D eigenvalue weighted by atomic mass is 16.6. The molecule has 4 heteroatoms. The van der Waals surface area contributed by atoms with Gasteiger partial charge in [-0.05, 0) is 30.6 Å². The lowest BCUT2D eigenvalue weighted by molar-refractivity contribution is -0.155. The quantitative estimate of drug-likeness (QED) is 0.464. The molecule has 4 nitrogen and oxygen atoms in total. The number of hydrogen-bond acceptors (Lipinski definition) is 4. The Kier molecular flexibility index (Phi) is 6.50. The number of hydrogen-bond donors (Lipinski definition) is 1. The van der Waals surface area contributed by atoms with Crippen molar-refractivity contribution in [2.24, 2.45) is 17.8 Å². The Balaban J connectivity index is 1.76. The maximum Gasteiger partial charge on any atom is 0.307 e. The van der Waals surface area contributed by atoms with E-state index in [1.165, 1.54) is 6.42 Å². The highest BCUT2D eigenvalue weighted by molar-refractivity contribution is 5.70. The van der Waals surface area contributed by atoms with Crippen LogP contribution in [0.5, 0.6) is 0 Å². The molecule has 4 unspecified atom stereocenters. The van der Waals surface area contributed by atoms with Crippen LogP contribution in [-0.4, -0.2) is 36.0 Å². The van der Waals surface area contributed by atoms with Crippen molar-refractivity contribution in [3.63, 3.8) is 0 Å². The number of aliphatic hydroxyl groups is 1. The molecule has 0 aromatic heterocycles. The van der Waals surface area contributed by atoms with Crippen LogP contribution < -0.4 is 0 Å². The lowest BCUT2D eigenvalue weighted by atomic mass is 9.75. The van der Waals surface area contributed by atoms with Crippen LogP contribution in [0.1, 0.15) is 59.3 Å². The van der Waals surface area contributed by atoms with Crippen LogP contribution in [0.4, 0.5) is 0 Å². The van der Waals surface area contributed by atoms with E-state index < -0.39 is 5.60 Å². The average Bonchev–Trinajstić information content (AvgIpc) is 3.24. The Morgan fingerprint density at radius 1 is 1.43 bits per heavy atom. The number of esters is 1. The molecule has 4 atom stereocenters. The van der Waals surface area contributed by atoms with E-state index in [0.717, 1.165) is 12.8 Å². The van der Waals surface area contributed by atoms with Crippen LogP contribution in [-0.2, 0) is 14.3 Å². The van der Waals surface area contributed by atoms with Crippen molar-refractivity contribution < 1.29 is 19.4 Å². The molecule has 0 bridgehead atoms. The van der Waals surface area contributed by atoms with Gasteiger partial charge in [0.2, 0.25) is 0 Å². The standard InChI is InChI=1S/C19H30O4/c1-14(2)16-8-7-15(3)12-17(16)23-18(21)6-4-5-9-19(10-11-20)13-22-19/h14-17,20H,4,6-8,10-13H2,1-3H3. The van der Waals surface area contributed by atoms with E-state index in [4.69, 9.17) is 14.6 Å². The molecule has 1 aliphatic carbocycles. The maximum atomic E-state index is 12.1. The van der Waals surface area contributed by atoms with Gasteiger partial charge in [0.05, 0.1) is 13.0 Å². The molecule has 2 fully saturated rings. The molecule has 0 aromatic carbocycles. The fourth-order valence-corrected chi connectivity index (χ4v) is 3.41. The highest BCUT2D eigenvalue weighted by Gasteiger charge is 2.42. The van der Waals surface area contributed by atoms with Crippen molar-refractivity contribution in [1.82, 2.24) is 0 Å². The topological polar surface area (TPSA) is 59.1 Å². The summed E-state index contributed by atoms with van der Waals surface area (Å²) in [4.78, 5) is 12.1. The van der Waals surface area contributed by atoms with E-state index >= 15 is 0 Å². The Labute approximate surface area is 139 Å². The number of epoxide rings is 1. The molecular weight excluding hydrogens is 292 g/mol. The maximum absolute atomic E-state index is 12.1. The van der Waals surface area contributed by atoms with Crippen LogP contribution in [0.15, 0.2) is 0 Å². The van der Waals surface area contributed by atoms with Gasteiger partial charge < -0.3 is 14.6 Å². The Morgan fingerprint density at radius 2 is 2.17 bits per heavy atom. The molecule has 0 aromatic rings. The molecule has 1 heterocycles. The number of aliphatic hydroxyl groups excluding tert-OH is 1. The SMILES string of the molecule is CC1CCC(C(C)C)C(OC(=O)CCC#CC2(CCO)CO2)C1. The summed E-state index contributed by atoms with van der Waals surface area (Å²) in [7, 11) is 0. The summed E-state index contributed by atoms with van der Waals surface area (Å²) in [6.07, 6.45) is 4.79. The van der Waals surface area contributed by atoms with Crippen LogP contribution in [0.3, 0.4) is 0 Å². The van der Waals surface area contributed by atoms with Crippen molar-refractivity contribution in [1.29, 1.82) is 0 Å². The second-order valence-electron chi connectivity index (χ2n) is 7.41. The van der Waals surface area contributed by atoms with Gasteiger partial charge in [0.1, 0.15) is 6.10 Å². The van der Waals surface area contributed by atoms with Crippen molar-refractivity contribution in [2.75, 3.05) is 13.2 Å². The second kappa shape index (κ2) is 8.17. The third-order valence-electron chi connectivity index (χ3n) is 5.02. The van der Waals surface area contributed by atoms with Gasteiger partial charge in [-0.25, -0.2) is 0 Å². The molecule has 130 valence electrons. The fourth-order valence-electron chi connectivity index (χ4n) is 3.41. The lowest BCUT2D eigenvalue weighted by Gasteiger charge is -2.36. The molecule has 0 radical (unpaired) electrons. The molecule has 1 saturated carbocycles. The van der Waals surface area contributed by atoms with E-state index in [2.05, 4.69) is 32.6 Å². The zero-order valence-electron chi connectivity index (χ0n) is 14.6. The Bertz CT molecular complexity index is 456. The van der Waals surface area contributed by atoms with Crippen LogP contribution in [0.2, 0.25) is 0 Å². The zero-order valence-corrected chi connectivity index (χ0v) is 14.6. The molecule has 1 aliphatic heterocycles. The van der Waals surface area contributed by atoms with E-state index in [0.29, 0.717) is 43.6 Å². The predicted octanol–water partition coefficient (Wildman–Crippen LogP) is 2.93. The molecule has 2 aliphatic rings. The van der Waals surface area contributed by atoms with Crippen molar-refractivity contribution >= 4 is 5.97 Å². The van der Waals surface area contributed by atoms with Gasteiger partial charge in [-0.15, -0.1) is 0 Å². The zero-order chi connectivity index (χ0) is 16.9. The predicted molar refractivity (Wildman–Crippen MR) is 88.6 cm³/mol. The first kappa shape index (κ1) is 18.3. The second-order valence-corrected chi connectivity index (χ2v) is 7.41. The third-order valence-corrected chi connectivity index (χ3v) is 5.02. The number of rotatable bonds is 6. The summed E-state index contributed by atoms with van der Waals surface area (Å²) in [6.45, 7) is 7.32. The largest absolute Gasteiger partial charge is 0.462 e. The summed E-state index contributed by atoms with van der Waals surface area (Å²) < 4.78 is 11.0. The Hall–Kier alpha value is -1.05. The van der Waals surface area contributed by atoms with Crippen LogP contribution in [0, 0.1) is 29.6 Å². The number of carbonyl (C=O) groups is 1. The summed E-state index contributed by atoms with van der Waals surface area (Å²) in [5.74, 6) is 7.54. The van der Waals surface area contributed by atoms with E-state index in [9.17, 15) is 4.79 Å². The van der Waals surface area contributed by atoms with E-state index in [-0.39, 0.29) is 18.7 Å². The normalized spacial score (nSPS) is 33.0. The van der Waals surface area contributed by atoms with Gasteiger partial charge in [0, 0.05) is 19.4 Å². The molecule has 2 rings (SSSR count). The molecule has 1 saturated heterocycles. The van der Waals surface area contributed by atoms with Gasteiger partial charge >= 0.3 is 5.97 Å². The molecule has 23 heavy (non-hydrogen) atoms. The first-order chi connectivity index (χ1) is 11.0. The first-order valence-corrected chi connectivity index (χ1v) is 8.90. The summed E-state index contributed by atoms with van der Waals surface area (Å²) in [5.41, 5.74) is -0.444. The number of carbonyl (C=O) groups excluding carboxylic acids is 1. The van der Waals surface area contributed by atoms with E-state index in [1.807, 2.05) is 0 Å². The minimum absolute atomic E-state index is 0.0618. The van der Waals surface area contributed by atoms with Gasteiger partial charge in [-0.3, -0.25) is 4.79 Å². The van der Waals surface area contributed by atoms with E-state index in [1.54, 1.807) is 0 Å². The minimum Gasteiger partial charge on any atom is -0.462 e. The third kappa shape index (κ3) is 5.51. The lowest BCUT2D eigenvalue weighted by Crippen LogP contribution is -2.35. The number of ether oxygens (including phenoxy) is 2. The Morgan fingerprint density at radius 3 is 2.78 bits per heavy atom. The van der Waals surface area contributed by atoms with Crippen molar-refractivity contribution in [3.05, 3.63) is 0 Å².